The minimum Gasteiger partial charge on any atom is -0.355 e. The summed E-state index contributed by atoms with van der Waals surface area (Å²) < 4.78 is 27.3. The number of nitrogens with one attached hydrogen (secondary N) is 1. The SMILES string of the molecule is CN([C@H]1CCNC1=O)S(=O)(=O)c1cc2nc(Cl)ccc2s1. The van der Waals surface area contributed by atoms with E-state index in [0.29, 0.717) is 23.6 Å². The molecule has 0 aliphatic carbocycles. The molecular formula is C12H12ClN3O3S2. The third-order valence-corrected chi connectivity index (χ3v) is 7.02. The normalized spacial score (nSPS) is 19.4. The zero-order chi connectivity index (χ0) is 15.2. The van der Waals surface area contributed by atoms with Gasteiger partial charge in [0.1, 0.15) is 15.4 Å². The first-order valence-electron chi connectivity index (χ1n) is 6.21. The van der Waals surface area contributed by atoms with E-state index in [9.17, 15) is 13.2 Å². The molecule has 0 bridgehead atoms. The number of sulfonamides is 1. The number of fused-ring (bicyclic) bond motifs is 1. The fourth-order valence-corrected chi connectivity index (χ4v) is 5.25. The molecule has 1 N–H and O–H groups in total. The van der Waals surface area contributed by atoms with Crippen LogP contribution < -0.4 is 5.32 Å². The van der Waals surface area contributed by atoms with E-state index in [1.54, 1.807) is 12.1 Å². The van der Waals surface area contributed by atoms with E-state index in [1.165, 1.54) is 13.1 Å². The molecule has 21 heavy (non-hydrogen) atoms. The Bertz CT molecular complexity index is 818. The first-order valence-corrected chi connectivity index (χ1v) is 8.85. The minimum atomic E-state index is -3.72. The number of pyridine rings is 1. The molecule has 1 aliphatic heterocycles. The Morgan fingerprint density at radius 3 is 2.90 bits per heavy atom. The number of rotatable bonds is 3. The van der Waals surface area contributed by atoms with Gasteiger partial charge in [0.05, 0.1) is 10.2 Å². The average molecular weight is 346 g/mol. The Balaban J connectivity index is 2.01. The number of thiophene rings is 1. The molecule has 1 amide bonds. The lowest BCUT2D eigenvalue weighted by molar-refractivity contribution is -0.122. The number of nitrogens with zero attached hydrogens (tertiary/aromatic N) is 2. The number of hydrogen-bond donors (Lipinski definition) is 1. The number of halogens is 1. The van der Waals surface area contributed by atoms with Crippen molar-refractivity contribution in [1.29, 1.82) is 0 Å². The van der Waals surface area contributed by atoms with Gasteiger partial charge in [-0.15, -0.1) is 11.3 Å². The molecule has 9 heteroatoms. The zero-order valence-corrected chi connectivity index (χ0v) is 13.4. The second-order valence-electron chi connectivity index (χ2n) is 4.70. The standard InChI is InChI=1S/C12H12ClN3O3S2/c1-16(8-4-5-14-12(8)17)21(18,19)11-6-7-9(20-11)2-3-10(13)15-7/h2-3,6,8H,4-5H2,1H3,(H,14,17)/t8-/m0/s1. The van der Waals surface area contributed by atoms with Crippen LogP contribution in [0.5, 0.6) is 0 Å². The molecule has 0 radical (unpaired) electrons. The third-order valence-electron chi connectivity index (χ3n) is 3.41. The van der Waals surface area contributed by atoms with Gasteiger partial charge in [0.2, 0.25) is 5.91 Å². The smallest absolute Gasteiger partial charge is 0.253 e. The van der Waals surface area contributed by atoms with Gasteiger partial charge in [-0.3, -0.25) is 4.79 Å². The van der Waals surface area contributed by atoms with Crippen molar-refractivity contribution < 1.29 is 13.2 Å². The number of hydrogen-bond acceptors (Lipinski definition) is 5. The van der Waals surface area contributed by atoms with Crippen LogP contribution in [0, 0.1) is 0 Å². The van der Waals surface area contributed by atoms with Crippen molar-refractivity contribution in [3.05, 3.63) is 23.4 Å². The predicted molar refractivity (Wildman–Crippen MR) is 81.0 cm³/mol. The third kappa shape index (κ3) is 2.52. The van der Waals surface area contributed by atoms with Gasteiger partial charge < -0.3 is 5.32 Å². The summed E-state index contributed by atoms with van der Waals surface area (Å²) >= 11 is 6.93. The Labute approximate surface area is 130 Å². The van der Waals surface area contributed by atoms with E-state index in [0.717, 1.165) is 20.3 Å². The molecule has 1 aliphatic rings. The number of aromatic nitrogens is 1. The molecule has 1 saturated heterocycles. The van der Waals surface area contributed by atoms with Crippen molar-refractivity contribution in [1.82, 2.24) is 14.6 Å². The molecule has 0 aromatic carbocycles. The Morgan fingerprint density at radius 1 is 1.48 bits per heavy atom. The zero-order valence-electron chi connectivity index (χ0n) is 11.0. The monoisotopic (exact) mass is 345 g/mol. The fourth-order valence-electron chi connectivity index (χ4n) is 2.24. The molecule has 0 spiro atoms. The van der Waals surface area contributed by atoms with Gasteiger partial charge in [0, 0.05) is 13.6 Å². The van der Waals surface area contributed by atoms with Gasteiger partial charge in [-0.1, -0.05) is 11.6 Å². The summed E-state index contributed by atoms with van der Waals surface area (Å²) in [5, 5.41) is 2.95. The first-order chi connectivity index (χ1) is 9.89. The topological polar surface area (TPSA) is 79.4 Å². The Morgan fingerprint density at radius 2 is 2.24 bits per heavy atom. The van der Waals surface area contributed by atoms with Crippen LogP contribution in [-0.4, -0.2) is 43.2 Å². The fraction of sp³-hybridized carbons (Fsp3) is 0.333. The average Bonchev–Trinajstić information content (AvgIpc) is 3.03. The highest BCUT2D eigenvalue weighted by molar-refractivity contribution is 7.91. The van der Waals surface area contributed by atoms with E-state index in [4.69, 9.17) is 11.6 Å². The number of carbonyl (C=O) groups is 1. The summed E-state index contributed by atoms with van der Waals surface area (Å²) in [5.74, 6) is -0.261. The second-order valence-corrected chi connectivity index (χ2v) is 8.39. The maximum absolute atomic E-state index is 12.6. The van der Waals surface area contributed by atoms with E-state index >= 15 is 0 Å². The van der Waals surface area contributed by atoms with Gasteiger partial charge in [-0.2, -0.15) is 4.31 Å². The summed E-state index contributed by atoms with van der Waals surface area (Å²) in [5.41, 5.74) is 0.537. The van der Waals surface area contributed by atoms with Gasteiger partial charge in [-0.25, -0.2) is 13.4 Å². The summed E-state index contributed by atoms with van der Waals surface area (Å²) in [6.45, 7) is 0.493. The number of likely N-dealkylation sites (N-methyl/N-ethyl adjacent to an activating group) is 1. The van der Waals surface area contributed by atoms with Crippen molar-refractivity contribution in [2.24, 2.45) is 0 Å². The molecule has 3 heterocycles. The molecule has 3 rings (SSSR count). The molecule has 0 saturated carbocycles. The quantitative estimate of drug-likeness (QED) is 0.854. The summed E-state index contributed by atoms with van der Waals surface area (Å²) in [6, 6.07) is 4.18. The van der Waals surface area contributed by atoms with Crippen LogP contribution in [0.15, 0.2) is 22.4 Å². The van der Waals surface area contributed by atoms with Crippen molar-refractivity contribution in [2.45, 2.75) is 16.7 Å². The lowest BCUT2D eigenvalue weighted by Crippen LogP contribution is -2.41. The second kappa shape index (κ2) is 5.20. The predicted octanol–water partition coefficient (Wildman–Crippen LogP) is 1.46. The van der Waals surface area contributed by atoms with Crippen molar-refractivity contribution >= 4 is 49.1 Å². The Kier molecular flexibility index (Phi) is 3.64. The van der Waals surface area contributed by atoms with Crippen molar-refractivity contribution in [2.75, 3.05) is 13.6 Å². The lowest BCUT2D eigenvalue weighted by atomic mass is 10.3. The maximum atomic E-state index is 12.6. The van der Waals surface area contributed by atoms with Crippen LogP contribution >= 0.6 is 22.9 Å². The van der Waals surface area contributed by atoms with Crippen LogP contribution in [0.2, 0.25) is 5.15 Å². The highest BCUT2D eigenvalue weighted by Gasteiger charge is 2.36. The van der Waals surface area contributed by atoms with Crippen LogP contribution in [0.3, 0.4) is 0 Å². The maximum Gasteiger partial charge on any atom is 0.253 e. The molecule has 112 valence electrons. The molecule has 1 atom stereocenters. The highest BCUT2D eigenvalue weighted by Crippen LogP contribution is 2.31. The first kappa shape index (κ1) is 14.7. The molecular weight excluding hydrogens is 334 g/mol. The molecule has 0 unspecified atom stereocenters. The van der Waals surface area contributed by atoms with Gasteiger partial charge in [-0.05, 0) is 24.6 Å². The van der Waals surface area contributed by atoms with Gasteiger partial charge in [0.25, 0.3) is 10.0 Å². The van der Waals surface area contributed by atoms with Gasteiger partial charge >= 0.3 is 0 Å². The van der Waals surface area contributed by atoms with Crippen LogP contribution in [0.25, 0.3) is 10.2 Å². The Hall–Kier alpha value is -1.22. The van der Waals surface area contributed by atoms with Crippen molar-refractivity contribution in [3.8, 4) is 0 Å². The largest absolute Gasteiger partial charge is 0.355 e. The summed E-state index contributed by atoms with van der Waals surface area (Å²) in [4.78, 5) is 15.8. The van der Waals surface area contributed by atoms with Crippen LogP contribution in [0.1, 0.15) is 6.42 Å². The lowest BCUT2D eigenvalue weighted by Gasteiger charge is -2.20. The van der Waals surface area contributed by atoms with Crippen LogP contribution in [-0.2, 0) is 14.8 Å². The van der Waals surface area contributed by atoms with E-state index < -0.39 is 16.1 Å². The molecule has 2 aromatic rings. The molecule has 6 nitrogen and oxygen atoms in total. The highest BCUT2D eigenvalue weighted by atomic mass is 35.5. The summed E-state index contributed by atoms with van der Waals surface area (Å²) in [6.07, 6.45) is 0.476. The molecule has 2 aromatic heterocycles. The minimum absolute atomic E-state index is 0.162. The number of carbonyl (C=O) groups excluding carboxylic acids is 1. The van der Waals surface area contributed by atoms with Crippen molar-refractivity contribution in [3.63, 3.8) is 0 Å². The molecule has 1 fully saturated rings. The van der Waals surface area contributed by atoms with E-state index in [-0.39, 0.29) is 10.1 Å². The van der Waals surface area contributed by atoms with Gasteiger partial charge in [0.15, 0.2) is 0 Å². The summed E-state index contributed by atoms with van der Waals surface area (Å²) in [7, 11) is -2.30. The number of amides is 1. The van der Waals surface area contributed by atoms with E-state index in [2.05, 4.69) is 10.3 Å². The van der Waals surface area contributed by atoms with E-state index in [1.807, 2.05) is 0 Å². The van der Waals surface area contributed by atoms with Crippen LogP contribution in [0.4, 0.5) is 0 Å².